The highest BCUT2D eigenvalue weighted by Crippen LogP contribution is 2.30. The van der Waals surface area contributed by atoms with E-state index in [1.165, 1.54) is 17.5 Å². The maximum Gasteiger partial charge on any atom is 0.275 e. The number of amides is 2. The molecule has 0 radical (unpaired) electrons. The zero-order chi connectivity index (χ0) is 16.2. The average Bonchev–Trinajstić information content (AvgIpc) is 3.29. The summed E-state index contributed by atoms with van der Waals surface area (Å²) in [6.45, 7) is 0.506. The Morgan fingerprint density at radius 1 is 1.30 bits per heavy atom. The molecular weight excluding hydrogens is 314 g/mol. The number of pyridine rings is 1. The van der Waals surface area contributed by atoms with Crippen LogP contribution in [0, 0.1) is 5.92 Å². The molecule has 23 heavy (non-hydrogen) atoms. The Labute approximate surface area is 137 Å². The predicted molar refractivity (Wildman–Crippen MR) is 88.4 cm³/mol. The number of nitrogens with one attached hydrogen (secondary N) is 2. The van der Waals surface area contributed by atoms with Gasteiger partial charge in [-0.15, -0.1) is 11.3 Å². The summed E-state index contributed by atoms with van der Waals surface area (Å²) in [4.78, 5) is 32.1. The third kappa shape index (κ3) is 4.11. The second kappa shape index (κ2) is 6.84. The SMILES string of the molecule is NCCc1nc(C(=O)Nc2ccc(NC(=O)C3CC3)nc2)cs1. The zero-order valence-corrected chi connectivity index (χ0v) is 13.2. The van der Waals surface area contributed by atoms with Crippen molar-refractivity contribution in [3.8, 4) is 0 Å². The monoisotopic (exact) mass is 331 g/mol. The molecule has 0 saturated heterocycles. The maximum absolute atomic E-state index is 12.1. The van der Waals surface area contributed by atoms with Crippen molar-refractivity contribution < 1.29 is 9.59 Å². The highest BCUT2D eigenvalue weighted by molar-refractivity contribution is 7.09. The molecule has 8 heteroatoms. The van der Waals surface area contributed by atoms with E-state index in [9.17, 15) is 9.59 Å². The fraction of sp³-hybridized carbons (Fsp3) is 0.333. The molecule has 1 aliphatic rings. The van der Waals surface area contributed by atoms with Crippen LogP contribution in [0.4, 0.5) is 11.5 Å². The molecule has 3 rings (SSSR count). The molecule has 2 heterocycles. The van der Waals surface area contributed by atoms with Gasteiger partial charge in [0, 0.05) is 17.7 Å². The summed E-state index contributed by atoms with van der Waals surface area (Å²) in [6, 6.07) is 3.36. The normalized spacial score (nSPS) is 13.6. The number of nitrogens with two attached hydrogens (primary N) is 1. The highest BCUT2D eigenvalue weighted by Gasteiger charge is 2.29. The van der Waals surface area contributed by atoms with Gasteiger partial charge in [-0.2, -0.15) is 0 Å². The average molecular weight is 331 g/mol. The van der Waals surface area contributed by atoms with Gasteiger partial charge in [-0.1, -0.05) is 0 Å². The van der Waals surface area contributed by atoms with E-state index in [1.54, 1.807) is 17.5 Å². The molecule has 2 amide bonds. The van der Waals surface area contributed by atoms with Gasteiger partial charge in [0.05, 0.1) is 16.9 Å². The lowest BCUT2D eigenvalue weighted by molar-refractivity contribution is -0.117. The molecule has 0 aliphatic heterocycles. The summed E-state index contributed by atoms with van der Waals surface area (Å²) in [5, 5.41) is 8.02. The smallest absolute Gasteiger partial charge is 0.275 e. The largest absolute Gasteiger partial charge is 0.330 e. The van der Waals surface area contributed by atoms with Crippen LogP contribution in [0.1, 0.15) is 28.3 Å². The molecule has 0 bridgehead atoms. The second-order valence-corrected chi connectivity index (χ2v) is 6.26. The van der Waals surface area contributed by atoms with Crippen molar-refractivity contribution in [2.45, 2.75) is 19.3 Å². The van der Waals surface area contributed by atoms with E-state index in [4.69, 9.17) is 5.73 Å². The number of rotatable bonds is 6. The molecule has 2 aromatic rings. The topological polar surface area (TPSA) is 110 Å². The Balaban J connectivity index is 1.58. The van der Waals surface area contributed by atoms with Gasteiger partial charge in [-0.3, -0.25) is 9.59 Å². The summed E-state index contributed by atoms with van der Waals surface area (Å²) >= 11 is 1.42. The molecule has 0 unspecified atom stereocenters. The van der Waals surface area contributed by atoms with Crippen molar-refractivity contribution >= 4 is 34.7 Å². The number of hydrogen-bond donors (Lipinski definition) is 3. The van der Waals surface area contributed by atoms with E-state index in [2.05, 4.69) is 20.6 Å². The van der Waals surface area contributed by atoms with Crippen LogP contribution in [0.5, 0.6) is 0 Å². The van der Waals surface area contributed by atoms with Crippen molar-refractivity contribution in [3.05, 3.63) is 34.4 Å². The van der Waals surface area contributed by atoms with E-state index in [1.807, 2.05) is 0 Å². The van der Waals surface area contributed by atoms with Gasteiger partial charge in [0.1, 0.15) is 11.5 Å². The minimum atomic E-state index is -0.291. The van der Waals surface area contributed by atoms with Gasteiger partial charge >= 0.3 is 0 Å². The third-order valence-electron chi connectivity index (χ3n) is 3.36. The van der Waals surface area contributed by atoms with E-state index >= 15 is 0 Å². The van der Waals surface area contributed by atoms with Gasteiger partial charge in [-0.25, -0.2) is 9.97 Å². The molecule has 0 atom stereocenters. The number of nitrogens with zero attached hydrogens (tertiary/aromatic N) is 2. The number of carbonyl (C=O) groups is 2. The minimum absolute atomic E-state index is 0.00388. The Hall–Kier alpha value is -2.32. The lowest BCUT2D eigenvalue weighted by atomic mass is 10.3. The number of anilines is 2. The zero-order valence-electron chi connectivity index (χ0n) is 12.4. The molecule has 1 fully saturated rings. The fourth-order valence-electron chi connectivity index (χ4n) is 1.96. The van der Waals surface area contributed by atoms with Crippen LogP contribution in [0.3, 0.4) is 0 Å². The Bertz CT molecular complexity index is 709. The summed E-state index contributed by atoms with van der Waals surface area (Å²) in [7, 11) is 0. The van der Waals surface area contributed by atoms with Crippen LogP contribution >= 0.6 is 11.3 Å². The molecule has 1 saturated carbocycles. The molecule has 7 nitrogen and oxygen atoms in total. The minimum Gasteiger partial charge on any atom is -0.330 e. The third-order valence-corrected chi connectivity index (χ3v) is 4.27. The van der Waals surface area contributed by atoms with Crippen molar-refractivity contribution in [2.24, 2.45) is 11.7 Å². The van der Waals surface area contributed by atoms with Crippen LogP contribution in [0.15, 0.2) is 23.7 Å². The molecule has 0 aromatic carbocycles. The van der Waals surface area contributed by atoms with Gasteiger partial charge in [-0.05, 0) is 31.5 Å². The molecule has 0 spiro atoms. The van der Waals surface area contributed by atoms with Gasteiger partial charge < -0.3 is 16.4 Å². The quantitative estimate of drug-likeness (QED) is 0.745. The predicted octanol–water partition coefficient (Wildman–Crippen LogP) is 1.64. The van der Waals surface area contributed by atoms with Gasteiger partial charge in [0.15, 0.2) is 0 Å². The van der Waals surface area contributed by atoms with Crippen molar-refractivity contribution in [1.29, 1.82) is 0 Å². The Morgan fingerprint density at radius 2 is 2.13 bits per heavy atom. The summed E-state index contributed by atoms with van der Waals surface area (Å²) in [6.07, 6.45) is 4.06. The number of thiazole rings is 1. The molecule has 120 valence electrons. The summed E-state index contributed by atoms with van der Waals surface area (Å²) in [5.41, 5.74) is 6.38. The molecule has 4 N–H and O–H groups in total. The van der Waals surface area contributed by atoms with Gasteiger partial charge in [0.2, 0.25) is 5.91 Å². The molecular formula is C15H17N5O2S. The van der Waals surface area contributed by atoms with Crippen LogP contribution in [-0.2, 0) is 11.2 Å². The number of carbonyl (C=O) groups excluding carboxylic acids is 2. The van der Waals surface area contributed by atoms with E-state index in [0.29, 0.717) is 30.2 Å². The fourth-order valence-corrected chi connectivity index (χ4v) is 2.76. The Kier molecular flexibility index (Phi) is 4.63. The van der Waals surface area contributed by atoms with Crippen molar-refractivity contribution in [1.82, 2.24) is 9.97 Å². The molecule has 2 aromatic heterocycles. The first kappa shape index (κ1) is 15.6. The number of aromatic nitrogens is 2. The second-order valence-electron chi connectivity index (χ2n) is 5.31. The standard InChI is InChI=1S/C15H17N5O2S/c16-6-5-13-19-11(8-23-13)15(22)18-10-3-4-12(17-7-10)20-14(21)9-1-2-9/h3-4,7-9H,1-2,5-6,16H2,(H,18,22)(H,17,20,21). The van der Waals surface area contributed by atoms with Crippen LogP contribution in [-0.4, -0.2) is 28.3 Å². The highest BCUT2D eigenvalue weighted by atomic mass is 32.1. The van der Waals surface area contributed by atoms with Gasteiger partial charge in [0.25, 0.3) is 5.91 Å². The lowest BCUT2D eigenvalue weighted by Gasteiger charge is -2.06. The number of hydrogen-bond acceptors (Lipinski definition) is 6. The van der Waals surface area contributed by atoms with Crippen LogP contribution in [0.25, 0.3) is 0 Å². The summed E-state index contributed by atoms with van der Waals surface area (Å²) < 4.78 is 0. The maximum atomic E-state index is 12.1. The molecule has 1 aliphatic carbocycles. The van der Waals surface area contributed by atoms with Crippen molar-refractivity contribution in [2.75, 3.05) is 17.2 Å². The summed E-state index contributed by atoms with van der Waals surface area (Å²) in [5.74, 6) is 0.327. The first-order chi connectivity index (χ1) is 11.2. The van der Waals surface area contributed by atoms with E-state index in [-0.39, 0.29) is 17.7 Å². The van der Waals surface area contributed by atoms with Crippen LogP contribution < -0.4 is 16.4 Å². The van der Waals surface area contributed by atoms with E-state index in [0.717, 1.165) is 17.8 Å². The van der Waals surface area contributed by atoms with Crippen molar-refractivity contribution in [3.63, 3.8) is 0 Å². The van der Waals surface area contributed by atoms with E-state index < -0.39 is 0 Å². The van der Waals surface area contributed by atoms with Crippen LogP contribution in [0.2, 0.25) is 0 Å². The first-order valence-corrected chi connectivity index (χ1v) is 8.26. The Morgan fingerprint density at radius 3 is 2.78 bits per heavy atom. The first-order valence-electron chi connectivity index (χ1n) is 7.38. The lowest BCUT2D eigenvalue weighted by Crippen LogP contribution is -2.15.